The molecule has 2 aromatic heterocycles. The van der Waals surface area contributed by atoms with Crippen LogP contribution in [0, 0.1) is 6.92 Å². The first kappa shape index (κ1) is 12.3. The van der Waals surface area contributed by atoms with E-state index < -0.39 is 0 Å². The highest BCUT2D eigenvalue weighted by molar-refractivity contribution is 5.07. The van der Waals surface area contributed by atoms with Crippen molar-refractivity contribution in [3.8, 4) is 0 Å². The Morgan fingerprint density at radius 1 is 1.42 bits per heavy atom. The van der Waals surface area contributed by atoms with E-state index in [1.54, 1.807) is 6.33 Å². The van der Waals surface area contributed by atoms with Crippen LogP contribution in [0.25, 0.3) is 0 Å². The van der Waals surface area contributed by atoms with Crippen LogP contribution in [0.15, 0.2) is 12.5 Å². The van der Waals surface area contributed by atoms with Crippen LogP contribution in [0.5, 0.6) is 0 Å². The van der Waals surface area contributed by atoms with E-state index >= 15 is 0 Å². The molecule has 2 heterocycles. The summed E-state index contributed by atoms with van der Waals surface area (Å²) in [6.45, 7) is 2.01. The summed E-state index contributed by atoms with van der Waals surface area (Å²) < 4.78 is 2.24. The van der Waals surface area contributed by atoms with Crippen molar-refractivity contribution < 1.29 is 0 Å². The number of H-pyrrole nitrogens is 1. The minimum absolute atomic E-state index is 0.137. The Morgan fingerprint density at radius 2 is 2.21 bits per heavy atom. The second kappa shape index (κ2) is 5.13. The number of rotatable bonds is 4. The molecular weight excluding hydrogens is 240 g/mol. The molecule has 3 rings (SSSR count). The van der Waals surface area contributed by atoms with Gasteiger partial charge in [-0.1, -0.05) is 12.8 Å². The Labute approximate surface area is 112 Å². The molecule has 0 spiro atoms. The standard InChI is InChI=1S/C13H20N6/c1-9-17-18-13(19(9)11-4-2-3-5-11)12(14)6-10-7-15-8-16-10/h7-8,11-12H,2-6,14H2,1H3,(H,15,16)/t12-/m1/s1. The summed E-state index contributed by atoms with van der Waals surface area (Å²) in [6, 6.07) is 0.389. The monoisotopic (exact) mass is 260 g/mol. The van der Waals surface area contributed by atoms with Crippen molar-refractivity contribution in [2.24, 2.45) is 5.73 Å². The molecule has 2 aromatic rings. The van der Waals surface area contributed by atoms with Gasteiger partial charge in [-0.05, 0) is 19.8 Å². The van der Waals surface area contributed by atoms with E-state index in [0.29, 0.717) is 12.5 Å². The van der Waals surface area contributed by atoms with Crippen LogP contribution in [0.1, 0.15) is 55.1 Å². The highest BCUT2D eigenvalue weighted by atomic mass is 15.3. The number of aromatic nitrogens is 5. The highest BCUT2D eigenvalue weighted by Gasteiger charge is 2.25. The molecule has 19 heavy (non-hydrogen) atoms. The van der Waals surface area contributed by atoms with Gasteiger partial charge in [0.15, 0.2) is 5.82 Å². The number of nitrogens with two attached hydrogens (primary N) is 1. The molecule has 0 amide bonds. The molecular formula is C13H20N6. The lowest BCUT2D eigenvalue weighted by molar-refractivity contribution is 0.465. The van der Waals surface area contributed by atoms with Crippen LogP contribution >= 0.6 is 0 Å². The van der Waals surface area contributed by atoms with E-state index in [1.807, 2.05) is 13.1 Å². The Bertz CT molecular complexity index is 523. The lowest BCUT2D eigenvalue weighted by Gasteiger charge is -2.18. The average Bonchev–Trinajstić information content (AvgIpc) is 3.08. The van der Waals surface area contributed by atoms with Crippen LogP contribution in [0.3, 0.4) is 0 Å². The normalized spacial score (nSPS) is 18.0. The summed E-state index contributed by atoms with van der Waals surface area (Å²) in [4.78, 5) is 7.11. The zero-order chi connectivity index (χ0) is 13.2. The average molecular weight is 260 g/mol. The van der Waals surface area contributed by atoms with Crippen molar-refractivity contribution in [2.75, 3.05) is 0 Å². The molecule has 6 nitrogen and oxygen atoms in total. The van der Waals surface area contributed by atoms with Crippen molar-refractivity contribution in [1.82, 2.24) is 24.7 Å². The molecule has 1 saturated carbocycles. The number of hydrogen-bond donors (Lipinski definition) is 2. The molecule has 0 aromatic carbocycles. The molecule has 0 aliphatic heterocycles. The summed E-state index contributed by atoms with van der Waals surface area (Å²) >= 11 is 0. The third-order valence-electron chi connectivity index (χ3n) is 3.91. The fourth-order valence-corrected chi connectivity index (χ4v) is 2.98. The van der Waals surface area contributed by atoms with Gasteiger partial charge in [0.1, 0.15) is 5.82 Å². The predicted molar refractivity (Wildman–Crippen MR) is 71.5 cm³/mol. The minimum Gasteiger partial charge on any atom is -0.348 e. The molecule has 102 valence electrons. The summed E-state index contributed by atoms with van der Waals surface area (Å²) in [5.41, 5.74) is 7.33. The number of hydrogen-bond acceptors (Lipinski definition) is 4. The second-order valence-electron chi connectivity index (χ2n) is 5.30. The number of nitrogens with zero attached hydrogens (tertiary/aromatic N) is 4. The molecule has 3 N–H and O–H groups in total. The molecule has 0 saturated heterocycles. The van der Waals surface area contributed by atoms with Gasteiger partial charge < -0.3 is 15.3 Å². The van der Waals surface area contributed by atoms with Gasteiger partial charge >= 0.3 is 0 Å². The van der Waals surface area contributed by atoms with Crippen molar-refractivity contribution in [2.45, 2.75) is 51.1 Å². The van der Waals surface area contributed by atoms with E-state index in [9.17, 15) is 0 Å². The first-order chi connectivity index (χ1) is 9.25. The largest absolute Gasteiger partial charge is 0.348 e. The second-order valence-corrected chi connectivity index (χ2v) is 5.30. The van der Waals surface area contributed by atoms with Gasteiger partial charge in [0.25, 0.3) is 0 Å². The smallest absolute Gasteiger partial charge is 0.150 e. The molecule has 0 bridgehead atoms. The van der Waals surface area contributed by atoms with Crippen LogP contribution in [-0.4, -0.2) is 24.7 Å². The van der Waals surface area contributed by atoms with Crippen LogP contribution in [0.4, 0.5) is 0 Å². The molecule has 6 heteroatoms. The van der Waals surface area contributed by atoms with E-state index in [4.69, 9.17) is 5.73 Å². The Morgan fingerprint density at radius 3 is 2.89 bits per heavy atom. The van der Waals surface area contributed by atoms with Gasteiger partial charge in [-0.15, -0.1) is 10.2 Å². The fourth-order valence-electron chi connectivity index (χ4n) is 2.98. The quantitative estimate of drug-likeness (QED) is 0.875. The Balaban J connectivity index is 1.83. The van der Waals surface area contributed by atoms with Gasteiger partial charge in [0.2, 0.25) is 0 Å². The van der Waals surface area contributed by atoms with Gasteiger partial charge in [-0.25, -0.2) is 4.98 Å². The van der Waals surface area contributed by atoms with E-state index in [0.717, 1.165) is 17.3 Å². The number of nitrogens with one attached hydrogen (secondary N) is 1. The minimum atomic E-state index is -0.137. The maximum atomic E-state index is 6.30. The third-order valence-corrected chi connectivity index (χ3v) is 3.91. The molecule has 1 atom stereocenters. The van der Waals surface area contributed by atoms with Crippen LogP contribution in [-0.2, 0) is 6.42 Å². The summed E-state index contributed by atoms with van der Waals surface area (Å²) in [5.74, 6) is 1.88. The summed E-state index contributed by atoms with van der Waals surface area (Å²) in [7, 11) is 0. The number of aromatic amines is 1. The van der Waals surface area contributed by atoms with Crippen molar-refractivity contribution in [3.05, 3.63) is 29.9 Å². The van der Waals surface area contributed by atoms with Crippen molar-refractivity contribution in [3.63, 3.8) is 0 Å². The van der Waals surface area contributed by atoms with Gasteiger partial charge in [0, 0.05) is 24.4 Å². The number of aryl methyl sites for hydroxylation is 1. The SMILES string of the molecule is Cc1nnc([C@H](N)Cc2cnc[nH]2)n1C1CCCC1. The lowest BCUT2D eigenvalue weighted by Crippen LogP contribution is -2.21. The summed E-state index contributed by atoms with van der Waals surface area (Å²) in [6.07, 6.45) is 9.20. The zero-order valence-corrected chi connectivity index (χ0v) is 11.2. The zero-order valence-electron chi connectivity index (χ0n) is 11.2. The van der Waals surface area contributed by atoms with Crippen molar-refractivity contribution in [1.29, 1.82) is 0 Å². The molecule has 0 radical (unpaired) electrons. The molecule has 1 aliphatic carbocycles. The predicted octanol–water partition coefficient (Wildman–Crippen LogP) is 1.67. The van der Waals surface area contributed by atoms with Gasteiger partial charge in [0.05, 0.1) is 12.4 Å². The summed E-state index contributed by atoms with van der Waals surface area (Å²) in [5, 5.41) is 8.51. The maximum absolute atomic E-state index is 6.30. The van der Waals surface area contributed by atoms with E-state index in [2.05, 4.69) is 24.7 Å². The van der Waals surface area contributed by atoms with Crippen molar-refractivity contribution >= 4 is 0 Å². The number of imidazole rings is 1. The van der Waals surface area contributed by atoms with Gasteiger partial charge in [-0.2, -0.15) is 0 Å². The molecule has 1 fully saturated rings. The first-order valence-corrected chi connectivity index (χ1v) is 6.90. The fraction of sp³-hybridized carbons (Fsp3) is 0.615. The Hall–Kier alpha value is -1.69. The van der Waals surface area contributed by atoms with Crippen LogP contribution in [0.2, 0.25) is 0 Å². The third kappa shape index (κ3) is 2.40. The lowest BCUT2D eigenvalue weighted by atomic mass is 10.1. The topological polar surface area (TPSA) is 85.4 Å². The van der Waals surface area contributed by atoms with Gasteiger partial charge in [-0.3, -0.25) is 0 Å². The molecule has 1 aliphatic rings. The molecule has 0 unspecified atom stereocenters. The van der Waals surface area contributed by atoms with E-state index in [-0.39, 0.29) is 6.04 Å². The Kier molecular flexibility index (Phi) is 3.33. The highest BCUT2D eigenvalue weighted by Crippen LogP contribution is 2.32. The van der Waals surface area contributed by atoms with Crippen LogP contribution < -0.4 is 5.73 Å². The van der Waals surface area contributed by atoms with E-state index in [1.165, 1.54) is 25.7 Å². The maximum Gasteiger partial charge on any atom is 0.150 e. The first-order valence-electron chi connectivity index (χ1n) is 6.90.